The number of anilines is 2. The van der Waals surface area contributed by atoms with Gasteiger partial charge in [-0.15, -0.1) is 10.2 Å². The number of nitrogens with one attached hydrogen (secondary N) is 2. The highest BCUT2D eigenvalue weighted by atomic mass is 79.9. The van der Waals surface area contributed by atoms with Crippen LogP contribution in [0.5, 0.6) is 0 Å². The molecule has 1 aromatic heterocycles. The number of rotatable bonds is 8. The minimum absolute atomic E-state index is 0.326. The van der Waals surface area contributed by atoms with E-state index in [1.54, 1.807) is 24.3 Å². The Morgan fingerprint density at radius 2 is 1.63 bits per heavy atom. The first-order chi connectivity index (χ1) is 16.9. The Morgan fingerprint density at radius 3 is 2.29 bits per heavy atom. The van der Waals surface area contributed by atoms with Crippen LogP contribution < -0.4 is 15.5 Å². The van der Waals surface area contributed by atoms with Crippen molar-refractivity contribution in [3.05, 3.63) is 94.5 Å². The van der Waals surface area contributed by atoms with Gasteiger partial charge in [0.2, 0.25) is 11.0 Å². The van der Waals surface area contributed by atoms with Gasteiger partial charge in [-0.2, -0.15) is 0 Å². The molecule has 1 atom stereocenters. The lowest BCUT2D eigenvalue weighted by Crippen LogP contribution is -2.45. The molecule has 1 heterocycles. The molecule has 0 aliphatic carbocycles. The summed E-state index contributed by atoms with van der Waals surface area (Å²) >= 11 is 4.65. The highest BCUT2D eigenvalue weighted by molar-refractivity contribution is 9.10. The van der Waals surface area contributed by atoms with Crippen molar-refractivity contribution < 1.29 is 9.59 Å². The number of nitrogens with zero attached hydrogens (tertiary/aromatic N) is 3. The molecule has 0 unspecified atom stereocenters. The largest absolute Gasteiger partial charge is 0.378 e. The quantitative estimate of drug-likeness (QED) is 0.322. The van der Waals surface area contributed by atoms with Gasteiger partial charge >= 0.3 is 0 Å². The lowest BCUT2D eigenvalue weighted by atomic mass is 10.0. The fourth-order valence-electron chi connectivity index (χ4n) is 3.39. The highest BCUT2D eigenvalue weighted by Gasteiger charge is 2.23. The summed E-state index contributed by atoms with van der Waals surface area (Å²) in [5, 5.41) is 15.1. The van der Waals surface area contributed by atoms with Crippen LogP contribution in [-0.2, 0) is 11.2 Å². The second kappa shape index (κ2) is 11.2. The number of carbonyl (C=O) groups is 2. The standard InChI is InChI=1S/C26H24BrN5O2S/c1-32(2)21-14-10-19(11-15-21)25-30-31-26(35-25)29-24(34)22(16-17-6-4-3-5-7-17)28-23(33)18-8-12-20(27)13-9-18/h3-15,22H,16H2,1-2H3,(H,28,33)(H,29,31,34)/t22-/m1/s1. The maximum atomic E-state index is 13.2. The predicted octanol–water partition coefficient (Wildman–Crippen LogP) is 5.01. The molecule has 0 aliphatic heterocycles. The van der Waals surface area contributed by atoms with Gasteiger partial charge < -0.3 is 10.2 Å². The molecule has 35 heavy (non-hydrogen) atoms. The minimum atomic E-state index is -0.791. The van der Waals surface area contributed by atoms with Gasteiger partial charge in [0.25, 0.3) is 5.91 Å². The van der Waals surface area contributed by atoms with Crippen molar-refractivity contribution in [3.8, 4) is 10.6 Å². The molecule has 0 aliphatic rings. The van der Waals surface area contributed by atoms with E-state index in [4.69, 9.17) is 0 Å². The lowest BCUT2D eigenvalue weighted by molar-refractivity contribution is -0.118. The number of aromatic nitrogens is 2. The average molecular weight is 550 g/mol. The van der Waals surface area contributed by atoms with Gasteiger partial charge in [-0.25, -0.2) is 0 Å². The molecule has 3 aromatic carbocycles. The maximum absolute atomic E-state index is 13.2. The first-order valence-corrected chi connectivity index (χ1v) is 12.5. The number of hydrogen-bond acceptors (Lipinski definition) is 6. The van der Waals surface area contributed by atoms with Gasteiger partial charge in [0.1, 0.15) is 11.0 Å². The monoisotopic (exact) mass is 549 g/mol. The van der Waals surface area contributed by atoms with E-state index in [0.717, 1.165) is 21.3 Å². The summed E-state index contributed by atoms with van der Waals surface area (Å²) in [4.78, 5) is 28.1. The van der Waals surface area contributed by atoms with Gasteiger partial charge in [-0.1, -0.05) is 57.6 Å². The molecule has 9 heteroatoms. The maximum Gasteiger partial charge on any atom is 0.251 e. The molecule has 4 aromatic rings. The number of carbonyl (C=O) groups excluding carboxylic acids is 2. The summed E-state index contributed by atoms with van der Waals surface area (Å²) < 4.78 is 0.871. The van der Waals surface area contributed by atoms with Crippen molar-refractivity contribution in [2.75, 3.05) is 24.3 Å². The van der Waals surface area contributed by atoms with Crippen LogP contribution in [0.4, 0.5) is 10.8 Å². The van der Waals surface area contributed by atoms with E-state index in [9.17, 15) is 9.59 Å². The molecule has 0 spiro atoms. The normalized spacial score (nSPS) is 11.5. The number of hydrogen-bond donors (Lipinski definition) is 2. The smallest absolute Gasteiger partial charge is 0.251 e. The van der Waals surface area contributed by atoms with Crippen LogP contribution >= 0.6 is 27.3 Å². The van der Waals surface area contributed by atoms with Crippen molar-refractivity contribution in [2.45, 2.75) is 12.5 Å². The third-order valence-electron chi connectivity index (χ3n) is 5.30. The molecular weight excluding hydrogens is 526 g/mol. The minimum Gasteiger partial charge on any atom is -0.378 e. The Hall–Kier alpha value is -3.56. The summed E-state index contributed by atoms with van der Waals surface area (Å²) in [5.41, 5.74) is 3.40. The molecule has 7 nitrogen and oxygen atoms in total. The zero-order chi connectivity index (χ0) is 24.8. The van der Waals surface area contributed by atoms with Crippen LogP contribution in [0.15, 0.2) is 83.3 Å². The third-order valence-corrected chi connectivity index (χ3v) is 6.71. The van der Waals surface area contributed by atoms with Crippen LogP contribution in [0.3, 0.4) is 0 Å². The highest BCUT2D eigenvalue weighted by Crippen LogP contribution is 2.28. The van der Waals surface area contributed by atoms with Crippen LogP contribution in [0.1, 0.15) is 15.9 Å². The first-order valence-electron chi connectivity index (χ1n) is 10.9. The van der Waals surface area contributed by atoms with Crippen LogP contribution in [0.25, 0.3) is 10.6 Å². The van der Waals surface area contributed by atoms with E-state index >= 15 is 0 Å². The van der Waals surface area contributed by atoms with Gasteiger partial charge in [0.05, 0.1) is 0 Å². The summed E-state index contributed by atoms with van der Waals surface area (Å²) in [6.07, 6.45) is 0.340. The van der Waals surface area contributed by atoms with Crippen LogP contribution in [0.2, 0.25) is 0 Å². The predicted molar refractivity (Wildman–Crippen MR) is 144 cm³/mol. The Labute approximate surface area is 216 Å². The topological polar surface area (TPSA) is 87.2 Å². The molecular formula is C26H24BrN5O2S. The molecule has 0 saturated heterocycles. The van der Waals surface area contributed by atoms with E-state index < -0.39 is 6.04 Å². The fraction of sp³-hybridized carbons (Fsp3) is 0.154. The number of halogens is 1. The molecule has 0 bridgehead atoms. The van der Waals surface area contributed by atoms with Crippen molar-refractivity contribution in [3.63, 3.8) is 0 Å². The summed E-state index contributed by atoms with van der Waals surface area (Å²) in [7, 11) is 3.96. The summed E-state index contributed by atoms with van der Waals surface area (Å²) in [6, 6.07) is 23.7. The third kappa shape index (κ3) is 6.52. The average Bonchev–Trinajstić information content (AvgIpc) is 3.33. The second-order valence-corrected chi connectivity index (χ2v) is 9.96. The Morgan fingerprint density at radius 1 is 0.943 bits per heavy atom. The van der Waals surface area contributed by atoms with Gasteiger partial charge in [0.15, 0.2) is 0 Å². The van der Waals surface area contributed by atoms with Crippen LogP contribution in [0, 0.1) is 0 Å². The SMILES string of the molecule is CN(C)c1ccc(-c2nnc(NC(=O)[C@@H](Cc3ccccc3)NC(=O)c3ccc(Br)cc3)s2)cc1. The second-order valence-electron chi connectivity index (χ2n) is 8.07. The zero-order valence-corrected chi connectivity index (χ0v) is 21.6. The summed E-state index contributed by atoms with van der Waals surface area (Å²) in [6.45, 7) is 0. The van der Waals surface area contributed by atoms with E-state index in [1.807, 2.05) is 73.6 Å². The zero-order valence-electron chi connectivity index (χ0n) is 19.2. The van der Waals surface area contributed by atoms with Crippen molar-refractivity contribution >= 4 is 49.9 Å². The van der Waals surface area contributed by atoms with Crippen molar-refractivity contribution in [2.24, 2.45) is 0 Å². The van der Waals surface area contributed by atoms with E-state index in [0.29, 0.717) is 22.1 Å². The van der Waals surface area contributed by atoms with Gasteiger partial charge in [-0.3, -0.25) is 14.9 Å². The molecule has 2 N–H and O–H groups in total. The molecule has 2 amide bonds. The summed E-state index contributed by atoms with van der Waals surface area (Å²) in [5.74, 6) is -0.683. The van der Waals surface area contributed by atoms with E-state index in [1.165, 1.54) is 11.3 Å². The lowest BCUT2D eigenvalue weighted by Gasteiger charge is -2.18. The Bertz CT molecular complexity index is 1290. The number of amides is 2. The van der Waals surface area contributed by atoms with Gasteiger partial charge in [0, 0.05) is 41.8 Å². The van der Waals surface area contributed by atoms with Gasteiger partial charge in [-0.05, 0) is 54.1 Å². The molecule has 0 fully saturated rings. The van der Waals surface area contributed by atoms with Crippen molar-refractivity contribution in [1.29, 1.82) is 0 Å². The first kappa shape index (κ1) is 24.6. The van der Waals surface area contributed by atoms with E-state index in [2.05, 4.69) is 36.8 Å². The molecule has 4 rings (SSSR count). The van der Waals surface area contributed by atoms with Crippen molar-refractivity contribution in [1.82, 2.24) is 15.5 Å². The fourth-order valence-corrected chi connectivity index (χ4v) is 4.40. The Kier molecular flexibility index (Phi) is 7.89. The molecule has 0 radical (unpaired) electrons. The molecule has 178 valence electrons. The molecule has 0 saturated carbocycles. The Balaban J connectivity index is 1.49. The van der Waals surface area contributed by atoms with E-state index in [-0.39, 0.29) is 11.8 Å². The number of benzene rings is 3. The van der Waals surface area contributed by atoms with Crippen LogP contribution in [-0.4, -0.2) is 42.1 Å².